The molecular formula is C17H24N2. The van der Waals surface area contributed by atoms with Crippen LogP contribution in [-0.4, -0.2) is 13.6 Å². The molecule has 1 fully saturated rings. The molecule has 0 atom stereocenters. The van der Waals surface area contributed by atoms with Crippen molar-refractivity contribution in [3.8, 4) is 6.07 Å². The van der Waals surface area contributed by atoms with E-state index in [4.69, 9.17) is 0 Å². The van der Waals surface area contributed by atoms with Crippen LogP contribution in [0.4, 0.5) is 5.69 Å². The quantitative estimate of drug-likeness (QED) is 0.795. The number of nitrogens with zero attached hydrogens (tertiary/aromatic N) is 2. The number of benzene rings is 1. The minimum Gasteiger partial charge on any atom is -0.373 e. The summed E-state index contributed by atoms with van der Waals surface area (Å²) in [5, 5.41) is 9.30. The summed E-state index contributed by atoms with van der Waals surface area (Å²) in [5.41, 5.74) is 2.52. The molecule has 1 aliphatic carbocycles. The smallest absolute Gasteiger partial charge is 0.0748 e. The second kappa shape index (κ2) is 5.65. The highest BCUT2D eigenvalue weighted by molar-refractivity contribution is 5.47. The lowest BCUT2D eigenvalue weighted by molar-refractivity contribution is 0.223. The van der Waals surface area contributed by atoms with Crippen LogP contribution in [0, 0.1) is 22.7 Å². The van der Waals surface area contributed by atoms with Gasteiger partial charge in [0.15, 0.2) is 0 Å². The first kappa shape index (κ1) is 13.9. The molecule has 2 nitrogen and oxygen atoms in total. The molecule has 0 radical (unpaired) electrons. The third-order valence-electron chi connectivity index (χ3n) is 4.11. The van der Waals surface area contributed by atoms with E-state index >= 15 is 0 Å². The van der Waals surface area contributed by atoms with E-state index in [1.165, 1.54) is 17.7 Å². The summed E-state index contributed by atoms with van der Waals surface area (Å²) >= 11 is 0. The summed E-state index contributed by atoms with van der Waals surface area (Å²) in [6.45, 7) is 5.34. The molecule has 0 aliphatic heterocycles. The summed E-state index contributed by atoms with van der Waals surface area (Å²) in [6.07, 6.45) is 4.44. The first-order valence-corrected chi connectivity index (χ1v) is 7.26. The summed E-state index contributed by atoms with van der Waals surface area (Å²) in [5.74, 6) is 0.695. The van der Waals surface area contributed by atoms with E-state index in [9.17, 15) is 5.26 Å². The fourth-order valence-electron chi connectivity index (χ4n) is 2.81. The van der Waals surface area contributed by atoms with Gasteiger partial charge in [0.05, 0.1) is 11.5 Å². The molecule has 0 bridgehead atoms. The Hall–Kier alpha value is -1.49. The monoisotopic (exact) mass is 256 g/mol. The molecule has 1 aromatic carbocycles. The molecule has 1 aliphatic rings. The van der Waals surface area contributed by atoms with Gasteiger partial charge in [0, 0.05) is 19.3 Å². The molecule has 1 saturated carbocycles. The number of hydrogen-bond donors (Lipinski definition) is 0. The van der Waals surface area contributed by atoms with Crippen LogP contribution in [0.15, 0.2) is 24.3 Å². The van der Waals surface area contributed by atoms with Crippen LogP contribution in [0.1, 0.15) is 38.7 Å². The molecule has 19 heavy (non-hydrogen) atoms. The van der Waals surface area contributed by atoms with Gasteiger partial charge < -0.3 is 4.90 Å². The number of anilines is 1. The Morgan fingerprint density at radius 2 is 1.89 bits per heavy atom. The molecule has 0 saturated heterocycles. The Morgan fingerprint density at radius 3 is 2.32 bits per heavy atom. The third kappa shape index (κ3) is 3.29. The van der Waals surface area contributed by atoms with Crippen molar-refractivity contribution in [2.75, 3.05) is 18.5 Å². The van der Waals surface area contributed by atoms with Gasteiger partial charge in [0.2, 0.25) is 0 Å². The fourth-order valence-corrected chi connectivity index (χ4v) is 2.81. The van der Waals surface area contributed by atoms with Crippen LogP contribution in [0.5, 0.6) is 0 Å². The maximum Gasteiger partial charge on any atom is 0.0748 e. The topological polar surface area (TPSA) is 27.0 Å². The molecule has 0 heterocycles. The van der Waals surface area contributed by atoms with E-state index in [1.807, 2.05) is 0 Å². The zero-order valence-corrected chi connectivity index (χ0v) is 12.3. The lowest BCUT2D eigenvalue weighted by Gasteiger charge is -2.39. The zero-order chi connectivity index (χ0) is 13.9. The normalized spacial score (nSPS) is 16.8. The minimum atomic E-state index is -0.0919. The van der Waals surface area contributed by atoms with Gasteiger partial charge in [0.25, 0.3) is 0 Å². The van der Waals surface area contributed by atoms with Gasteiger partial charge in [0.1, 0.15) is 0 Å². The predicted molar refractivity (Wildman–Crippen MR) is 80.2 cm³/mol. The lowest BCUT2D eigenvalue weighted by Crippen LogP contribution is -2.39. The highest BCUT2D eigenvalue weighted by Gasteiger charge is 2.38. The van der Waals surface area contributed by atoms with Crippen molar-refractivity contribution in [2.24, 2.45) is 11.3 Å². The molecular weight excluding hydrogens is 232 g/mol. The van der Waals surface area contributed by atoms with Crippen LogP contribution in [-0.2, 0) is 6.42 Å². The average Bonchev–Trinajstić information content (AvgIpc) is 2.34. The number of nitriles is 1. The lowest BCUT2D eigenvalue weighted by atomic mass is 9.69. The van der Waals surface area contributed by atoms with Crippen molar-refractivity contribution in [3.63, 3.8) is 0 Å². The maximum absolute atomic E-state index is 9.30. The summed E-state index contributed by atoms with van der Waals surface area (Å²) in [7, 11) is 2.09. The molecule has 0 N–H and O–H groups in total. The molecule has 0 unspecified atom stereocenters. The highest BCUT2D eigenvalue weighted by Crippen LogP contribution is 2.41. The van der Waals surface area contributed by atoms with Gasteiger partial charge in [-0.2, -0.15) is 5.26 Å². The van der Waals surface area contributed by atoms with Crippen molar-refractivity contribution >= 4 is 5.69 Å². The minimum absolute atomic E-state index is 0.0919. The SMILES string of the molecule is CC(C)Cc1ccc(N(C)CC2(C#N)CCC2)cc1. The largest absolute Gasteiger partial charge is 0.373 e. The molecule has 0 amide bonds. The van der Waals surface area contributed by atoms with Gasteiger partial charge in [-0.3, -0.25) is 0 Å². The summed E-state index contributed by atoms with van der Waals surface area (Å²) in [6, 6.07) is 11.3. The Balaban J connectivity index is 1.99. The van der Waals surface area contributed by atoms with E-state index in [-0.39, 0.29) is 5.41 Å². The third-order valence-corrected chi connectivity index (χ3v) is 4.11. The molecule has 102 valence electrons. The number of hydrogen-bond acceptors (Lipinski definition) is 2. The fraction of sp³-hybridized carbons (Fsp3) is 0.588. The predicted octanol–water partition coefficient (Wildman–Crippen LogP) is 4.02. The Labute approximate surface area is 117 Å². The molecule has 1 aromatic rings. The van der Waals surface area contributed by atoms with E-state index in [2.05, 4.69) is 56.1 Å². The van der Waals surface area contributed by atoms with Crippen molar-refractivity contribution < 1.29 is 0 Å². The molecule has 2 rings (SSSR count). The van der Waals surface area contributed by atoms with E-state index in [0.29, 0.717) is 5.92 Å². The van der Waals surface area contributed by atoms with Gasteiger partial charge in [-0.15, -0.1) is 0 Å². The average molecular weight is 256 g/mol. The summed E-state index contributed by atoms with van der Waals surface area (Å²) < 4.78 is 0. The van der Waals surface area contributed by atoms with Crippen LogP contribution >= 0.6 is 0 Å². The highest BCUT2D eigenvalue weighted by atomic mass is 15.1. The van der Waals surface area contributed by atoms with Crippen molar-refractivity contribution in [1.29, 1.82) is 5.26 Å². The Morgan fingerprint density at radius 1 is 1.26 bits per heavy atom. The van der Waals surface area contributed by atoms with Gasteiger partial charge in [-0.25, -0.2) is 0 Å². The molecule has 0 aromatic heterocycles. The van der Waals surface area contributed by atoms with Gasteiger partial charge in [-0.05, 0) is 42.9 Å². The van der Waals surface area contributed by atoms with E-state index in [0.717, 1.165) is 25.8 Å². The maximum atomic E-state index is 9.30. The van der Waals surface area contributed by atoms with Gasteiger partial charge >= 0.3 is 0 Å². The second-order valence-electron chi connectivity index (χ2n) is 6.37. The zero-order valence-electron chi connectivity index (χ0n) is 12.3. The van der Waals surface area contributed by atoms with Crippen LogP contribution in [0.2, 0.25) is 0 Å². The van der Waals surface area contributed by atoms with E-state index in [1.54, 1.807) is 0 Å². The first-order chi connectivity index (χ1) is 9.04. The van der Waals surface area contributed by atoms with Gasteiger partial charge in [-0.1, -0.05) is 32.4 Å². The molecule has 0 spiro atoms. The van der Waals surface area contributed by atoms with E-state index < -0.39 is 0 Å². The van der Waals surface area contributed by atoms with Crippen molar-refractivity contribution in [1.82, 2.24) is 0 Å². The van der Waals surface area contributed by atoms with Crippen LogP contribution in [0.3, 0.4) is 0 Å². The Bertz CT molecular complexity index is 449. The van der Waals surface area contributed by atoms with Crippen LogP contribution < -0.4 is 4.90 Å². The summed E-state index contributed by atoms with van der Waals surface area (Å²) in [4.78, 5) is 2.22. The first-order valence-electron chi connectivity index (χ1n) is 7.26. The number of rotatable bonds is 5. The second-order valence-corrected chi connectivity index (χ2v) is 6.37. The Kier molecular flexibility index (Phi) is 4.14. The van der Waals surface area contributed by atoms with Crippen molar-refractivity contribution in [3.05, 3.63) is 29.8 Å². The standard InChI is InChI=1S/C17H24N2/c1-14(2)11-15-5-7-16(8-6-15)19(3)13-17(12-18)9-4-10-17/h5-8,14H,4,9-11,13H2,1-3H3. The molecule has 2 heteroatoms. The van der Waals surface area contributed by atoms with Crippen molar-refractivity contribution in [2.45, 2.75) is 39.5 Å². The van der Waals surface area contributed by atoms with Crippen LogP contribution in [0.25, 0.3) is 0 Å².